The molecule has 0 spiro atoms. The van der Waals surface area contributed by atoms with E-state index in [0.717, 1.165) is 19.0 Å². The number of rotatable bonds is 4. The average molecular weight is 437 g/mol. The molecule has 9 heteroatoms. The van der Waals surface area contributed by atoms with E-state index in [1.165, 1.54) is 7.11 Å². The first-order valence-electron chi connectivity index (χ1n) is 7.45. The Morgan fingerprint density at radius 1 is 1.52 bits per heavy atom. The van der Waals surface area contributed by atoms with Crippen LogP contribution in [-0.4, -0.2) is 53.7 Å². The molecule has 1 fully saturated rings. The number of carbonyl (C=O) groups excluding carboxylic acids is 1. The van der Waals surface area contributed by atoms with E-state index in [4.69, 9.17) is 9.26 Å². The summed E-state index contributed by atoms with van der Waals surface area (Å²) in [5, 5.41) is 6.98. The topological polar surface area (TPSA) is 92.9 Å². The largest absolute Gasteiger partial charge is 0.469 e. The van der Waals surface area contributed by atoms with Crippen molar-refractivity contribution in [1.29, 1.82) is 0 Å². The summed E-state index contributed by atoms with van der Waals surface area (Å²) >= 11 is 0. The van der Waals surface area contributed by atoms with Crippen molar-refractivity contribution in [3.63, 3.8) is 0 Å². The minimum atomic E-state index is -0.168. The zero-order valence-corrected chi connectivity index (χ0v) is 16.2. The summed E-state index contributed by atoms with van der Waals surface area (Å²) in [5.41, 5.74) is 0. The fourth-order valence-corrected chi connectivity index (χ4v) is 2.57. The highest BCUT2D eigenvalue weighted by Gasteiger charge is 2.36. The van der Waals surface area contributed by atoms with Crippen molar-refractivity contribution in [2.45, 2.75) is 27.3 Å². The smallest absolute Gasteiger partial charge is 0.310 e. The monoisotopic (exact) mass is 437 g/mol. The van der Waals surface area contributed by atoms with Gasteiger partial charge in [-0.05, 0) is 19.8 Å². The van der Waals surface area contributed by atoms with E-state index in [1.807, 2.05) is 13.8 Å². The molecule has 2 rings (SSSR count). The molecular formula is C14H24IN5O3. The van der Waals surface area contributed by atoms with Gasteiger partial charge in [-0.3, -0.25) is 4.79 Å². The third-order valence-electron chi connectivity index (χ3n) is 3.68. The Morgan fingerprint density at radius 2 is 2.26 bits per heavy atom. The third kappa shape index (κ3) is 5.05. The summed E-state index contributed by atoms with van der Waals surface area (Å²) in [6.45, 7) is 8.24. The Morgan fingerprint density at radius 3 is 2.83 bits per heavy atom. The first kappa shape index (κ1) is 19.7. The molecule has 1 aromatic rings. The second-order valence-corrected chi connectivity index (χ2v) is 5.42. The van der Waals surface area contributed by atoms with Crippen molar-refractivity contribution in [3.05, 3.63) is 11.7 Å². The number of likely N-dealkylation sites (tertiary alicyclic amines) is 1. The number of aryl methyl sites for hydroxylation is 1. The van der Waals surface area contributed by atoms with Crippen molar-refractivity contribution in [1.82, 2.24) is 20.4 Å². The fraction of sp³-hybridized carbons (Fsp3) is 0.714. The van der Waals surface area contributed by atoms with E-state index < -0.39 is 0 Å². The van der Waals surface area contributed by atoms with Gasteiger partial charge in [0.15, 0.2) is 11.8 Å². The van der Waals surface area contributed by atoms with Crippen LogP contribution in [-0.2, 0) is 16.1 Å². The van der Waals surface area contributed by atoms with Gasteiger partial charge in [0.05, 0.1) is 13.0 Å². The number of esters is 1. The molecule has 23 heavy (non-hydrogen) atoms. The highest BCUT2D eigenvalue weighted by Crippen LogP contribution is 2.24. The number of nitrogens with zero attached hydrogens (tertiary/aromatic N) is 4. The van der Waals surface area contributed by atoms with Crippen LogP contribution >= 0.6 is 24.0 Å². The number of aliphatic imine (C=N–C) groups is 1. The number of ether oxygens (including phenoxy) is 1. The van der Waals surface area contributed by atoms with Gasteiger partial charge in [-0.25, -0.2) is 4.99 Å². The molecule has 0 amide bonds. The summed E-state index contributed by atoms with van der Waals surface area (Å²) in [4.78, 5) is 22.5. The standard InChI is InChI=1S/C14H23N5O3.HI/c1-5-15-14(16-6-12-17-10(3)18-22-12)19-7-9(2)11(8-19)13(20)21-4;/h9,11H,5-8H2,1-4H3,(H,15,16);1H. The van der Waals surface area contributed by atoms with Crippen LogP contribution in [0.4, 0.5) is 0 Å². The van der Waals surface area contributed by atoms with Gasteiger partial charge in [0, 0.05) is 19.6 Å². The molecule has 0 radical (unpaired) electrons. The van der Waals surface area contributed by atoms with Crippen molar-refractivity contribution < 1.29 is 14.1 Å². The Kier molecular flexibility index (Phi) is 7.73. The quantitative estimate of drug-likeness (QED) is 0.328. The molecule has 2 unspecified atom stereocenters. The van der Waals surface area contributed by atoms with Crippen LogP contribution in [0.3, 0.4) is 0 Å². The van der Waals surface area contributed by atoms with Crippen LogP contribution in [0.15, 0.2) is 9.52 Å². The number of methoxy groups -OCH3 is 1. The molecule has 0 bridgehead atoms. The van der Waals surface area contributed by atoms with Crippen molar-refractivity contribution >= 4 is 35.9 Å². The lowest BCUT2D eigenvalue weighted by Gasteiger charge is -2.21. The summed E-state index contributed by atoms with van der Waals surface area (Å²) in [6, 6.07) is 0. The van der Waals surface area contributed by atoms with Crippen molar-refractivity contribution in [2.75, 3.05) is 26.7 Å². The normalized spacial score (nSPS) is 21.0. The number of halogens is 1. The highest BCUT2D eigenvalue weighted by atomic mass is 127. The lowest BCUT2D eigenvalue weighted by Crippen LogP contribution is -2.40. The lowest BCUT2D eigenvalue weighted by molar-refractivity contribution is -0.145. The molecule has 2 atom stereocenters. The maximum Gasteiger partial charge on any atom is 0.310 e. The van der Waals surface area contributed by atoms with Crippen LogP contribution in [0.25, 0.3) is 0 Å². The molecule has 2 heterocycles. The van der Waals surface area contributed by atoms with Crippen LogP contribution in [0.5, 0.6) is 0 Å². The van der Waals surface area contributed by atoms with Gasteiger partial charge in [0.25, 0.3) is 0 Å². The van der Waals surface area contributed by atoms with E-state index in [1.54, 1.807) is 6.92 Å². The van der Waals surface area contributed by atoms with Gasteiger partial charge in [-0.2, -0.15) is 4.98 Å². The van der Waals surface area contributed by atoms with E-state index in [0.29, 0.717) is 24.8 Å². The van der Waals surface area contributed by atoms with Crippen LogP contribution < -0.4 is 5.32 Å². The first-order chi connectivity index (χ1) is 10.5. The van der Waals surface area contributed by atoms with Crippen molar-refractivity contribution in [2.24, 2.45) is 16.8 Å². The zero-order chi connectivity index (χ0) is 16.1. The number of hydrogen-bond donors (Lipinski definition) is 1. The molecular weight excluding hydrogens is 413 g/mol. The summed E-state index contributed by atoms with van der Waals surface area (Å²) in [5.74, 6) is 1.75. The molecule has 1 N–H and O–H groups in total. The fourth-order valence-electron chi connectivity index (χ4n) is 2.57. The minimum Gasteiger partial charge on any atom is -0.469 e. The molecule has 0 aromatic carbocycles. The molecule has 0 saturated carbocycles. The molecule has 0 aliphatic carbocycles. The Labute approximate surface area is 153 Å². The van der Waals surface area contributed by atoms with Gasteiger partial charge >= 0.3 is 5.97 Å². The number of aromatic nitrogens is 2. The number of carbonyl (C=O) groups is 1. The van der Waals surface area contributed by atoms with Crippen LogP contribution in [0.2, 0.25) is 0 Å². The zero-order valence-electron chi connectivity index (χ0n) is 13.9. The molecule has 1 aliphatic heterocycles. The van der Waals surface area contributed by atoms with Gasteiger partial charge in [-0.15, -0.1) is 24.0 Å². The Hall–Kier alpha value is -1.39. The van der Waals surface area contributed by atoms with Crippen LogP contribution in [0.1, 0.15) is 25.6 Å². The first-order valence-corrected chi connectivity index (χ1v) is 7.45. The lowest BCUT2D eigenvalue weighted by atomic mass is 9.99. The van der Waals surface area contributed by atoms with E-state index in [-0.39, 0.29) is 41.8 Å². The van der Waals surface area contributed by atoms with Crippen LogP contribution in [0, 0.1) is 18.8 Å². The molecule has 1 saturated heterocycles. The Bertz CT molecular complexity index is 548. The van der Waals surface area contributed by atoms with Gasteiger partial charge in [-0.1, -0.05) is 12.1 Å². The maximum atomic E-state index is 11.8. The number of guanidine groups is 1. The van der Waals surface area contributed by atoms with E-state index in [9.17, 15) is 4.79 Å². The van der Waals surface area contributed by atoms with E-state index >= 15 is 0 Å². The molecule has 1 aromatic heterocycles. The number of hydrogen-bond acceptors (Lipinski definition) is 6. The third-order valence-corrected chi connectivity index (χ3v) is 3.68. The second-order valence-electron chi connectivity index (χ2n) is 5.42. The van der Waals surface area contributed by atoms with Gasteiger partial charge in [0.2, 0.25) is 5.89 Å². The predicted octanol–water partition coefficient (Wildman–Crippen LogP) is 1.20. The predicted molar refractivity (Wildman–Crippen MR) is 95.5 cm³/mol. The number of nitrogens with one attached hydrogen (secondary N) is 1. The summed E-state index contributed by atoms with van der Waals surface area (Å²) < 4.78 is 9.93. The molecule has 8 nitrogen and oxygen atoms in total. The molecule has 1 aliphatic rings. The van der Waals surface area contributed by atoms with Gasteiger partial charge < -0.3 is 19.5 Å². The Balaban J connectivity index is 0.00000264. The average Bonchev–Trinajstić information content (AvgIpc) is 3.08. The maximum absolute atomic E-state index is 11.8. The summed E-state index contributed by atoms with van der Waals surface area (Å²) in [7, 11) is 1.43. The van der Waals surface area contributed by atoms with E-state index in [2.05, 4.69) is 25.3 Å². The summed E-state index contributed by atoms with van der Waals surface area (Å²) in [6.07, 6.45) is 0. The van der Waals surface area contributed by atoms with Gasteiger partial charge in [0.1, 0.15) is 6.54 Å². The highest BCUT2D eigenvalue weighted by molar-refractivity contribution is 14.0. The SMILES string of the molecule is CCNC(=NCc1nc(C)no1)N1CC(C)C(C(=O)OC)C1.I. The van der Waals surface area contributed by atoms with Crippen molar-refractivity contribution in [3.8, 4) is 0 Å². The second kappa shape index (κ2) is 9.04. The molecule has 130 valence electrons. The minimum absolute atomic E-state index is 0.